The van der Waals surface area contributed by atoms with Gasteiger partial charge < -0.3 is 10.2 Å². The Hall–Kier alpha value is -2.38. The molecule has 0 radical (unpaired) electrons. The minimum Gasteiger partial charge on any atom is -0.337 e. The third-order valence-electron chi connectivity index (χ3n) is 4.60. The summed E-state index contributed by atoms with van der Waals surface area (Å²) in [4.78, 5) is 14.5. The van der Waals surface area contributed by atoms with Crippen LogP contribution in [0, 0.1) is 6.92 Å². The number of nitrogens with one attached hydrogen (secondary N) is 1. The lowest BCUT2D eigenvalue weighted by Gasteiger charge is -2.28. The summed E-state index contributed by atoms with van der Waals surface area (Å²) < 4.78 is 0.803. The van der Waals surface area contributed by atoms with Gasteiger partial charge in [0.2, 0.25) is 11.0 Å². The van der Waals surface area contributed by atoms with E-state index in [1.54, 1.807) is 0 Å². The summed E-state index contributed by atoms with van der Waals surface area (Å²) in [7, 11) is 0. The summed E-state index contributed by atoms with van der Waals surface area (Å²) in [5.41, 5.74) is 4.78. The molecule has 0 aliphatic carbocycles. The zero-order valence-electron chi connectivity index (χ0n) is 15.0. The number of amides is 1. The normalized spacial score (nSPS) is 13.3. The number of benzene rings is 2. The number of aryl methyl sites for hydroxylation is 1. The van der Waals surface area contributed by atoms with Crippen molar-refractivity contribution in [1.82, 2.24) is 15.1 Å². The van der Waals surface area contributed by atoms with Gasteiger partial charge in [-0.1, -0.05) is 65.6 Å². The number of rotatable bonds is 5. The van der Waals surface area contributed by atoms with Crippen LogP contribution in [-0.2, 0) is 17.8 Å². The number of carbonyl (C=O) groups excluding carboxylic acids is 1. The van der Waals surface area contributed by atoms with Crippen molar-refractivity contribution in [3.63, 3.8) is 0 Å². The zero-order chi connectivity index (χ0) is 18.6. The Kier molecular flexibility index (Phi) is 5.40. The van der Waals surface area contributed by atoms with Crippen LogP contribution in [0.1, 0.15) is 16.7 Å². The largest absolute Gasteiger partial charge is 0.337 e. The molecule has 138 valence electrons. The predicted molar refractivity (Wildman–Crippen MR) is 111 cm³/mol. The summed E-state index contributed by atoms with van der Waals surface area (Å²) in [5.74, 6) is 0.541. The van der Waals surface area contributed by atoms with Crippen LogP contribution in [0.4, 0.5) is 10.8 Å². The molecule has 4 rings (SSSR count). The molecule has 0 unspecified atom stereocenters. The fourth-order valence-electron chi connectivity index (χ4n) is 3.07. The first-order valence-electron chi connectivity index (χ1n) is 8.82. The van der Waals surface area contributed by atoms with E-state index in [2.05, 4.69) is 46.7 Å². The lowest BCUT2D eigenvalue weighted by Crippen LogP contribution is -2.37. The van der Waals surface area contributed by atoms with Gasteiger partial charge in [0.25, 0.3) is 0 Å². The first kappa shape index (κ1) is 18.0. The molecule has 1 N–H and O–H groups in total. The number of hydrogen-bond acceptors (Lipinski definition) is 6. The molecule has 1 aliphatic heterocycles. The molecule has 2 aromatic carbocycles. The standard InChI is InChI=1S/C20H20N4OS2/c1-14-6-2-5-9-17(14)21-19-22-23-20(27-19)26-13-18(25)24-11-10-15-7-3-4-8-16(15)12-24/h2-9H,10-13H2,1H3,(H,21,22). The smallest absolute Gasteiger partial charge is 0.233 e. The third-order valence-corrected chi connectivity index (χ3v) is 6.55. The number of aromatic nitrogens is 2. The van der Waals surface area contributed by atoms with Crippen molar-refractivity contribution in [2.75, 3.05) is 17.6 Å². The second-order valence-electron chi connectivity index (χ2n) is 6.44. The molecule has 1 amide bonds. The van der Waals surface area contributed by atoms with E-state index in [0.717, 1.165) is 33.7 Å². The Morgan fingerprint density at radius 3 is 2.78 bits per heavy atom. The van der Waals surface area contributed by atoms with Crippen LogP contribution < -0.4 is 5.32 Å². The molecule has 0 atom stereocenters. The Balaban J connectivity index is 1.32. The monoisotopic (exact) mass is 396 g/mol. The fraction of sp³-hybridized carbons (Fsp3) is 0.250. The van der Waals surface area contributed by atoms with Crippen LogP contribution in [0.25, 0.3) is 0 Å². The Morgan fingerprint density at radius 1 is 1.15 bits per heavy atom. The van der Waals surface area contributed by atoms with E-state index < -0.39 is 0 Å². The highest BCUT2D eigenvalue weighted by molar-refractivity contribution is 8.01. The van der Waals surface area contributed by atoms with Gasteiger partial charge in [0.15, 0.2) is 4.34 Å². The summed E-state index contributed by atoms with van der Waals surface area (Å²) in [6, 6.07) is 16.4. The summed E-state index contributed by atoms with van der Waals surface area (Å²) in [6.07, 6.45) is 0.926. The highest BCUT2D eigenvalue weighted by Gasteiger charge is 2.20. The van der Waals surface area contributed by atoms with Crippen LogP contribution in [0.5, 0.6) is 0 Å². The number of anilines is 2. The maximum absolute atomic E-state index is 12.6. The minimum atomic E-state index is 0.151. The van der Waals surface area contributed by atoms with Gasteiger partial charge in [-0.2, -0.15) is 0 Å². The average Bonchev–Trinajstić information content (AvgIpc) is 3.15. The van der Waals surface area contributed by atoms with Gasteiger partial charge in [0.1, 0.15) is 0 Å². The maximum Gasteiger partial charge on any atom is 0.233 e. The first-order valence-corrected chi connectivity index (χ1v) is 10.6. The number of carbonyl (C=O) groups is 1. The van der Waals surface area contributed by atoms with E-state index in [9.17, 15) is 4.79 Å². The quantitative estimate of drug-likeness (QED) is 0.653. The molecule has 0 bridgehead atoms. The molecule has 1 aromatic heterocycles. The molecular formula is C20H20N4OS2. The van der Waals surface area contributed by atoms with E-state index in [1.165, 1.54) is 34.2 Å². The van der Waals surface area contributed by atoms with Crippen molar-refractivity contribution in [2.24, 2.45) is 0 Å². The van der Waals surface area contributed by atoms with Gasteiger partial charge in [0.05, 0.1) is 5.75 Å². The number of hydrogen-bond donors (Lipinski definition) is 1. The Morgan fingerprint density at radius 2 is 1.93 bits per heavy atom. The zero-order valence-corrected chi connectivity index (χ0v) is 16.6. The number of thioether (sulfide) groups is 1. The lowest BCUT2D eigenvalue weighted by atomic mass is 10.00. The summed E-state index contributed by atoms with van der Waals surface area (Å²) >= 11 is 2.93. The minimum absolute atomic E-state index is 0.151. The van der Waals surface area contributed by atoms with Crippen LogP contribution in [0.3, 0.4) is 0 Å². The molecule has 27 heavy (non-hydrogen) atoms. The van der Waals surface area contributed by atoms with Crippen molar-refractivity contribution in [3.05, 3.63) is 65.2 Å². The molecule has 0 saturated carbocycles. The highest BCUT2D eigenvalue weighted by Crippen LogP contribution is 2.29. The topological polar surface area (TPSA) is 58.1 Å². The van der Waals surface area contributed by atoms with E-state index in [4.69, 9.17) is 0 Å². The van der Waals surface area contributed by atoms with Gasteiger partial charge in [-0.25, -0.2) is 0 Å². The van der Waals surface area contributed by atoms with Crippen LogP contribution in [-0.4, -0.2) is 33.3 Å². The molecule has 3 aromatic rings. The van der Waals surface area contributed by atoms with Crippen molar-refractivity contribution in [2.45, 2.75) is 24.2 Å². The maximum atomic E-state index is 12.6. The van der Waals surface area contributed by atoms with Crippen molar-refractivity contribution in [3.8, 4) is 0 Å². The van der Waals surface area contributed by atoms with Gasteiger partial charge >= 0.3 is 0 Å². The summed E-state index contributed by atoms with van der Waals surface area (Å²) in [5, 5.41) is 12.4. The van der Waals surface area contributed by atoms with Crippen LogP contribution >= 0.6 is 23.1 Å². The molecule has 1 aliphatic rings. The first-order chi connectivity index (χ1) is 13.2. The van der Waals surface area contributed by atoms with Gasteiger partial charge in [-0.3, -0.25) is 4.79 Å². The van der Waals surface area contributed by atoms with Crippen LogP contribution in [0.2, 0.25) is 0 Å². The molecule has 0 fully saturated rings. The molecule has 0 saturated heterocycles. The Labute approximate surface area is 166 Å². The van der Waals surface area contributed by atoms with Crippen molar-refractivity contribution < 1.29 is 4.79 Å². The molecular weight excluding hydrogens is 376 g/mol. The third kappa shape index (κ3) is 4.31. The molecule has 5 nitrogen and oxygen atoms in total. The van der Waals surface area contributed by atoms with Gasteiger partial charge in [0, 0.05) is 18.8 Å². The molecule has 0 spiro atoms. The highest BCUT2D eigenvalue weighted by atomic mass is 32.2. The predicted octanol–water partition coefficient (Wildman–Crippen LogP) is 4.27. The Bertz CT molecular complexity index is 956. The number of fused-ring (bicyclic) bond motifs is 1. The second-order valence-corrected chi connectivity index (χ2v) is 8.64. The van der Waals surface area contributed by atoms with E-state index in [1.807, 2.05) is 29.2 Å². The summed E-state index contributed by atoms with van der Waals surface area (Å²) in [6.45, 7) is 3.53. The number of para-hydroxylation sites is 1. The van der Waals surface area contributed by atoms with Crippen molar-refractivity contribution >= 4 is 39.8 Å². The van der Waals surface area contributed by atoms with E-state index in [0.29, 0.717) is 12.3 Å². The van der Waals surface area contributed by atoms with E-state index in [-0.39, 0.29) is 5.91 Å². The molecule has 7 heteroatoms. The van der Waals surface area contributed by atoms with Gasteiger partial charge in [-0.05, 0) is 36.1 Å². The van der Waals surface area contributed by atoms with Gasteiger partial charge in [-0.15, -0.1) is 10.2 Å². The van der Waals surface area contributed by atoms with Crippen molar-refractivity contribution in [1.29, 1.82) is 0 Å². The second kappa shape index (κ2) is 8.10. The SMILES string of the molecule is Cc1ccccc1Nc1nnc(SCC(=O)N2CCc3ccccc3C2)s1. The number of nitrogens with zero attached hydrogens (tertiary/aromatic N) is 3. The average molecular weight is 397 g/mol. The molecule has 2 heterocycles. The van der Waals surface area contributed by atoms with E-state index >= 15 is 0 Å². The van der Waals surface area contributed by atoms with Crippen LogP contribution in [0.15, 0.2) is 52.9 Å². The lowest BCUT2D eigenvalue weighted by molar-refractivity contribution is -0.129. The fourth-order valence-corrected chi connectivity index (χ4v) is 4.74.